The van der Waals surface area contributed by atoms with Crippen LogP contribution in [0.2, 0.25) is 10.0 Å². The maximum atomic E-state index is 6.28. The summed E-state index contributed by atoms with van der Waals surface area (Å²) in [6.45, 7) is 3.98. The van der Waals surface area contributed by atoms with Gasteiger partial charge in [0.05, 0.1) is 16.9 Å². The molecule has 110 valence electrons. The molecular formula is C14H14Cl2N4S. The van der Waals surface area contributed by atoms with Crippen molar-refractivity contribution >= 4 is 46.7 Å². The summed E-state index contributed by atoms with van der Waals surface area (Å²) in [6, 6.07) is 7.42. The first-order valence-electron chi connectivity index (χ1n) is 6.13. The van der Waals surface area contributed by atoms with Gasteiger partial charge in [-0.3, -0.25) is 5.43 Å². The van der Waals surface area contributed by atoms with Crippen LogP contribution in [0, 0.1) is 13.8 Å². The number of hydrogen-bond donors (Lipinski definition) is 2. The summed E-state index contributed by atoms with van der Waals surface area (Å²) in [5, 5.41) is 5.30. The zero-order chi connectivity index (χ0) is 15.6. The molecule has 0 saturated carbocycles. The highest BCUT2D eigenvalue weighted by Gasteiger charge is 2.12. The minimum atomic E-state index is 0.126. The van der Waals surface area contributed by atoms with Crippen LogP contribution in [0.15, 0.2) is 29.4 Å². The quantitative estimate of drug-likeness (QED) is 0.510. The summed E-state index contributed by atoms with van der Waals surface area (Å²) in [4.78, 5) is 0. The summed E-state index contributed by atoms with van der Waals surface area (Å²) in [5.41, 5.74) is 11.7. The first kappa shape index (κ1) is 15.8. The number of hydrogen-bond acceptors (Lipinski definition) is 2. The van der Waals surface area contributed by atoms with E-state index in [0.717, 1.165) is 22.6 Å². The maximum Gasteiger partial charge on any atom is 0.184 e. The van der Waals surface area contributed by atoms with Gasteiger partial charge in [0, 0.05) is 22.0 Å². The first-order valence-corrected chi connectivity index (χ1v) is 7.29. The number of aromatic nitrogens is 1. The molecule has 21 heavy (non-hydrogen) atoms. The third-order valence-corrected chi connectivity index (χ3v) is 3.63. The molecule has 0 aliphatic carbocycles. The van der Waals surface area contributed by atoms with Crippen LogP contribution >= 0.6 is 35.4 Å². The molecule has 1 aromatic carbocycles. The van der Waals surface area contributed by atoms with E-state index in [1.54, 1.807) is 12.3 Å². The minimum absolute atomic E-state index is 0.126. The Hall–Kier alpha value is -1.56. The zero-order valence-corrected chi connectivity index (χ0v) is 13.9. The predicted octanol–water partition coefficient (Wildman–Crippen LogP) is 3.57. The van der Waals surface area contributed by atoms with Crippen LogP contribution in [-0.4, -0.2) is 15.9 Å². The maximum absolute atomic E-state index is 6.28. The van der Waals surface area contributed by atoms with Crippen molar-refractivity contribution in [2.75, 3.05) is 0 Å². The Morgan fingerprint density at radius 1 is 1.33 bits per heavy atom. The van der Waals surface area contributed by atoms with Gasteiger partial charge in [-0.15, -0.1) is 0 Å². The molecule has 0 unspecified atom stereocenters. The zero-order valence-electron chi connectivity index (χ0n) is 11.5. The Bertz CT molecular complexity index is 722. The van der Waals surface area contributed by atoms with Crippen LogP contribution in [0.25, 0.3) is 5.69 Å². The smallest absolute Gasteiger partial charge is 0.184 e. The molecular weight excluding hydrogens is 327 g/mol. The van der Waals surface area contributed by atoms with E-state index in [1.807, 2.05) is 36.6 Å². The van der Waals surface area contributed by atoms with Crippen LogP contribution < -0.4 is 11.2 Å². The number of benzene rings is 1. The minimum Gasteiger partial charge on any atom is -0.375 e. The lowest BCUT2D eigenvalue weighted by Gasteiger charge is -2.11. The van der Waals surface area contributed by atoms with Crippen LogP contribution in [0.1, 0.15) is 17.0 Å². The van der Waals surface area contributed by atoms with Crippen molar-refractivity contribution in [2.24, 2.45) is 10.8 Å². The average Bonchev–Trinajstić information content (AvgIpc) is 2.65. The SMILES string of the molecule is Cc1cc(/C=N/NC(N)=S)c(C)n1-c1ccc(Cl)cc1Cl. The van der Waals surface area contributed by atoms with Gasteiger partial charge in [0.25, 0.3) is 0 Å². The highest BCUT2D eigenvalue weighted by molar-refractivity contribution is 7.80. The van der Waals surface area contributed by atoms with E-state index in [1.165, 1.54) is 0 Å². The summed E-state index contributed by atoms with van der Waals surface area (Å²) >= 11 is 16.9. The van der Waals surface area contributed by atoms with Gasteiger partial charge < -0.3 is 10.3 Å². The number of rotatable bonds is 3. The van der Waals surface area contributed by atoms with Crippen molar-refractivity contribution < 1.29 is 0 Å². The van der Waals surface area contributed by atoms with Gasteiger partial charge in [-0.2, -0.15) is 5.10 Å². The second-order valence-electron chi connectivity index (χ2n) is 4.49. The monoisotopic (exact) mass is 340 g/mol. The summed E-state index contributed by atoms with van der Waals surface area (Å²) < 4.78 is 2.04. The Balaban J connectivity index is 2.44. The molecule has 0 radical (unpaired) electrons. The average molecular weight is 341 g/mol. The predicted molar refractivity (Wildman–Crippen MR) is 92.8 cm³/mol. The van der Waals surface area contributed by atoms with Crippen molar-refractivity contribution in [1.29, 1.82) is 0 Å². The van der Waals surface area contributed by atoms with E-state index in [0.29, 0.717) is 10.0 Å². The molecule has 7 heteroatoms. The molecule has 2 rings (SSSR count). The van der Waals surface area contributed by atoms with E-state index >= 15 is 0 Å². The highest BCUT2D eigenvalue weighted by atomic mass is 35.5. The third-order valence-electron chi connectivity index (χ3n) is 3.00. The Labute approximate surface area is 138 Å². The van der Waals surface area contributed by atoms with Crippen molar-refractivity contribution in [3.63, 3.8) is 0 Å². The van der Waals surface area contributed by atoms with Crippen molar-refractivity contribution in [1.82, 2.24) is 9.99 Å². The molecule has 0 atom stereocenters. The molecule has 2 aromatic rings. The topological polar surface area (TPSA) is 55.3 Å². The number of nitrogens with two attached hydrogens (primary N) is 1. The molecule has 0 spiro atoms. The van der Waals surface area contributed by atoms with Crippen LogP contribution in [0.3, 0.4) is 0 Å². The lowest BCUT2D eigenvalue weighted by molar-refractivity contribution is 0.964. The molecule has 4 nitrogen and oxygen atoms in total. The molecule has 3 N–H and O–H groups in total. The largest absolute Gasteiger partial charge is 0.375 e. The fraction of sp³-hybridized carbons (Fsp3) is 0.143. The first-order chi connectivity index (χ1) is 9.90. The van der Waals surface area contributed by atoms with E-state index in [4.69, 9.17) is 41.2 Å². The van der Waals surface area contributed by atoms with Crippen LogP contribution in [0.5, 0.6) is 0 Å². The Morgan fingerprint density at radius 3 is 2.67 bits per heavy atom. The van der Waals surface area contributed by atoms with E-state index in [2.05, 4.69) is 10.5 Å². The standard InChI is InChI=1S/C14H14Cl2N4S/c1-8-5-10(7-18-19-14(17)21)9(2)20(8)13-4-3-11(15)6-12(13)16/h3-7H,1-2H3,(H3,17,19,21)/b18-7+. The Morgan fingerprint density at radius 2 is 2.05 bits per heavy atom. The number of hydrazone groups is 1. The van der Waals surface area contributed by atoms with Gasteiger partial charge in [-0.05, 0) is 50.3 Å². The van der Waals surface area contributed by atoms with Gasteiger partial charge >= 0.3 is 0 Å². The van der Waals surface area contributed by atoms with Gasteiger partial charge in [0.2, 0.25) is 0 Å². The number of nitrogens with one attached hydrogen (secondary N) is 1. The molecule has 1 aromatic heterocycles. The van der Waals surface area contributed by atoms with E-state index in [9.17, 15) is 0 Å². The van der Waals surface area contributed by atoms with Crippen LogP contribution in [0.4, 0.5) is 0 Å². The fourth-order valence-electron chi connectivity index (χ4n) is 2.12. The number of nitrogens with zero attached hydrogens (tertiary/aromatic N) is 2. The molecule has 1 heterocycles. The van der Waals surface area contributed by atoms with Crippen molar-refractivity contribution in [3.05, 3.63) is 51.3 Å². The number of halogens is 2. The van der Waals surface area contributed by atoms with Gasteiger partial charge in [0.15, 0.2) is 5.11 Å². The van der Waals surface area contributed by atoms with Crippen molar-refractivity contribution in [3.8, 4) is 5.69 Å². The summed E-state index contributed by atoms with van der Waals surface area (Å²) in [6.07, 6.45) is 1.67. The number of thiocarbonyl (C=S) groups is 1. The molecule has 0 aliphatic rings. The Kier molecular flexibility index (Phi) is 4.88. The summed E-state index contributed by atoms with van der Waals surface area (Å²) in [5.74, 6) is 0. The van der Waals surface area contributed by atoms with E-state index in [-0.39, 0.29) is 5.11 Å². The van der Waals surface area contributed by atoms with Crippen LogP contribution in [-0.2, 0) is 0 Å². The second kappa shape index (κ2) is 6.47. The molecule has 0 amide bonds. The lowest BCUT2D eigenvalue weighted by Crippen LogP contribution is -2.24. The molecule has 0 fully saturated rings. The molecule has 0 bridgehead atoms. The van der Waals surface area contributed by atoms with E-state index < -0.39 is 0 Å². The number of aryl methyl sites for hydroxylation is 1. The fourth-order valence-corrected chi connectivity index (χ4v) is 2.66. The third kappa shape index (κ3) is 3.56. The van der Waals surface area contributed by atoms with Gasteiger partial charge in [0.1, 0.15) is 0 Å². The van der Waals surface area contributed by atoms with Gasteiger partial charge in [-0.1, -0.05) is 23.2 Å². The molecule has 0 saturated heterocycles. The molecule has 0 aliphatic heterocycles. The summed E-state index contributed by atoms with van der Waals surface area (Å²) in [7, 11) is 0. The van der Waals surface area contributed by atoms with Crippen molar-refractivity contribution in [2.45, 2.75) is 13.8 Å². The van der Waals surface area contributed by atoms with Gasteiger partial charge in [-0.25, -0.2) is 0 Å². The second-order valence-corrected chi connectivity index (χ2v) is 5.78. The lowest BCUT2D eigenvalue weighted by atomic mass is 10.2. The normalized spacial score (nSPS) is 11.0. The highest BCUT2D eigenvalue weighted by Crippen LogP contribution is 2.28.